The maximum absolute atomic E-state index is 12.4. The fraction of sp³-hybridized carbons (Fsp3) is 0.150. The maximum Gasteiger partial charge on any atom is 0.268 e. The molecule has 0 radical (unpaired) electrons. The number of nitriles is 1. The van der Waals surface area contributed by atoms with Gasteiger partial charge in [-0.3, -0.25) is 4.79 Å². The van der Waals surface area contributed by atoms with Gasteiger partial charge in [0.2, 0.25) is 0 Å². The quantitative estimate of drug-likeness (QED) is 0.604. The Morgan fingerprint density at radius 1 is 1.15 bits per heavy atom. The number of benzene rings is 2. The Morgan fingerprint density at radius 2 is 1.88 bits per heavy atom. The van der Waals surface area contributed by atoms with Crippen LogP contribution in [0.2, 0.25) is 0 Å². The van der Waals surface area contributed by atoms with Crippen molar-refractivity contribution in [2.24, 2.45) is 0 Å². The van der Waals surface area contributed by atoms with Crippen LogP contribution in [-0.4, -0.2) is 29.0 Å². The average molecular weight is 360 g/mol. The molecule has 2 heterocycles. The van der Waals surface area contributed by atoms with Gasteiger partial charge in [0.1, 0.15) is 10.5 Å². The Kier molecular flexibility index (Phi) is 4.03. The number of rotatable bonds is 3. The molecular formula is C20H16N4OS. The van der Waals surface area contributed by atoms with Crippen molar-refractivity contribution in [3.8, 4) is 17.2 Å². The zero-order valence-corrected chi connectivity index (χ0v) is 15.2. The van der Waals surface area contributed by atoms with Gasteiger partial charge in [0.15, 0.2) is 0 Å². The molecule has 1 N–H and O–H groups in total. The van der Waals surface area contributed by atoms with Crippen LogP contribution in [0, 0.1) is 11.3 Å². The molecule has 2 aromatic heterocycles. The van der Waals surface area contributed by atoms with Gasteiger partial charge >= 0.3 is 0 Å². The molecule has 4 aromatic rings. The number of aromatic amines is 1. The Morgan fingerprint density at radius 3 is 2.58 bits per heavy atom. The van der Waals surface area contributed by atoms with Crippen LogP contribution in [0.3, 0.4) is 0 Å². The summed E-state index contributed by atoms with van der Waals surface area (Å²) in [5.41, 5.74) is 3.37. The summed E-state index contributed by atoms with van der Waals surface area (Å²) >= 11 is 1.46. The van der Waals surface area contributed by atoms with Crippen LogP contribution in [0.15, 0.2) is 47.3 Å². The van der Waals surface area contributed by atoms with E-state index in [9.17, 15) is 4.79 Å². The highest BCUT2D eigenvalue weighted by molar-refractivity contribution is 7.25. The normalized spacial score (nSPS) is 11.3. The van der Waals surface area contributed by atoms with Crippen LogP contribution in [-0.2, 0) is 6.54 Å². The smallest absolute Gasteiger partial charge is 0.268 e. The summed E-state index contributed by atoms with van der Waals surface area (Å²) in [6, 6.07) is 15.8. The Labute approximate surface area is 154 Å². The second-order valence-corrected chi connectivity index (χ2v) is 7.48. The van der Waals surface area contributed by atoms with Crippen molar-refractivity contribution < 1.29 is 0 Å². The maximum atomic E-state index is 12.4. The first-order valence-electron chi connectivity index (χ1n) is 8.16. The van der Waals surface area contributed by atoms with Crippen molar-refractivity contribution in [1.29, 1.82) is 5.26 Å². The molecule has 0 amide bonds. The fourth-order valence-electron chi connectivity index (χ4n) is 2.99. The van der Waals surface area contributed by atoms with E-state index in [1.807, 2.05) is 55.4 Å². The van der Waals surface area contributed by atoms with Crippen LogP contribution in [0.25, 0.3) is 31.4 Å². The third kappa shape index (κ3) is 2.88. The van der Waals surface area contributed by atoms with E-state index < -0.39 is 0 Å². The lowest BCUT2D eigenvalue weighted by Gasteiger charge is -2.08. The predicted molar refractivity (Wildman–Crippen MR) is 105 cm³/mol. The van der Waals surface area contributed by atoms with Crippen LogP contribution in [0.5, 0.6) is 0 Å². The van der Waals surface area contributed by atoms with E-state index in [2.05, 4.69) is 17.1 Å². The number of aromatic nitrogens is 2. The predicted octanol–water partition coefficient (Wildman–Crippen LogP) is 3.74. The van der Waals surface area contributed by atoms with Crippen molar-refractivity contribution in [2.75, 3.05) is 14.1 Å². The van der Waals surface area contributed by atoms with E-state index in [-0.39, 0.29) is 5.56 Å². The summed E-state index contributed by atoms with van der Waals surface area (Å²) in [5.74, 6) is 0.663. The van der Waals surface area contributed by atoms with Crippen molar-refractivity contribution in [3.05, 3.63) is 64.2 Å². The molecule has 0 spiro atoms. The minimum absolute atomic E-state index is 0.0898. The van der Waals surface area contributed by atoms with Crippen LogP contribution in [0.1, 0.15) is 11.4 Å². The van der Waals surface area contributed by atoms with Gasteiger partial charge in [-0.25, -0.2) is 4.98 Å². The van der Waals surface area contributed by atoms with Gasteiger partial charge in [0.05, 0.1) is 23.7 Å². The summed E-state index contributed by atoms with van der Waals surface area (Å²) in [7, 11) is 3.89. The number of fused-ring (bicyclic) bond motifs is 3. The van der Waals surface area contributed by atoms with E-state index in [0.717, 1.165) is 26.7 Å². The fourth-order valence-corrected chi connectivity index (χ4v) is 4.01. The Balaban J connectivity index is 1.90. The Bertz CT molecular complexity index is 1210. The van der Waals surface area contributed by atoms with Gasteiger partial charge < -0.3 is 9.88 Å². The molecule has 0 unspecified atom stereocenters. The third-order valence-electron chi connectivity index (χ3n) is 4.19. The molecule has 0 saturated carbocycles. The SMILES string of the molecule is CN(C)Cc1nc2c(sc3ccc(-c4ccc(C#N)cc4)cc32)c(=O)[nH]1. The second kappa shape index (κ2) is 6.37. The van der Waals surface area contributed by atoms with E-state index >= 15 is 0 Å². The molecule has 0 aliphatic rings. The van der Waals surface area contributed by atoms with Gasteiger partial charge in [-0.05, 0) is 49.5 Å². The molecule has 128 valence electrons. The number of H-pyrrole nitrogens is 1. The summed E-state index contributed by atoms with van der Waals surface area (Å²) in [5, 5.41) is 9.94. The highest BCUT2D eigenvalue weighted by atomic mass is 32.1. The van der Waals surface area contributed by atoms with E-state index in [1.165, 1.54) is 11.3 Å². The lowest BCUT2D eigenvalue weighted by molar-refractivity contribution is 0.390. The number of nitrogens with one attached hydrogen (secondary N) is 1. The van der Waals surface area contributed by atoms with Crippen molar-refractivity contribution in [2.45, 2.75) is 6.54 Å². The summed E-state index contributed by atoms with van der Waals surface area (Å²) < 4.78 is 1.69. The van der Waals surface area contributed by atoms with E-state index in [1.54, 1.807) is 0 Å². The third-order valence-corrected chi connectivity index (χ3v) is 5.34. The average Bonchev–Trinajstić information content (AvgIpc) is 3.00. The van der Waals surface area contributed by atoms with Crippen LogP contribution in [0.4, 0.5) is 0 Å². The lowest BCUT2D eigenvalue weighted by Crippen LogP contribution is -2.17. The Hall–Kier alpha value is -3.01. The van der Waals surface area contributed by atoms with Crippen molar-refractivity contribution in [3.63, 3.8) is 0 Å². The van der Waals surface area contributed by atoms with Gasteiger partial charge in [0, 0.05) is 10.1 Å². The van der Waals surface area contributed by atoms with Crippen LogP contribution >= 0.6 is 11.3 Å². The number of thiophene rings is 1. The highest BCUT2D eigenvalue weighted by Gasteiger charge is 2.13. The first-order chi connectivity index (χ1) is 12.5. The van der Waals surface area contributed by atoms with Gasteiger partial charge in [-0.1, -0.05) is 18.2 Å². The topological polar surface area (TPSA) is 72.8 Å². The molecule has 0 aliphatic heterocycles. The van der Waals surface area contributed by atoms with Gasteiger partial charge in [-0.15, -0.1) is 11.3 Å². The van der Waals surface area contributed by atoms with Crippen molar-refractivity contribution in [1.82, 2.24) is 14.9 Å². The van der Waals surface area contributed by atoms with Crippen LogP contribution < -0.4 is 5.56 Å². The zero-order chi connectivity index (χ0) is 18.3. The zero-order valence-electron chi connectivity index (χ0n) is 14.4. The standard InChI is InChI=1S/C20H16N4OS/c1-24(2)11-17-22-18-15-9-14(13-5-3-12(10-21)4-6-13)7-8-16(15)26-19(18)20(25)23-17/h3-9H,11H2,1-2H3,(H,22,23,25). The van der Waals surface area contributed by atoms with Crippen molar-refractivity contribution >= 4 is 31.6 Å². The summed E-state index contributed by atoms with van der Waals surface area (Å²) in [6.07, 6.45) is 0. The van der Waals surface area contributed by atoms with E-state index in [0.29, 0.717) is 22.6 Å². The minimum Gasteiger partial charge on any atom is -0.308 e. The first-order valence-corrected chi connectivity index (χ1v) is 8.97. The van der Waals surface area contributed by atoms with E-state index in [4.69, 9.17) is 10.2 Å². The minimum atomic E-state index is -0.0898. The monoisotopic (exact) mass is 360 g/mol. The molecule has 2 aromatic carbocycles. The van der Waals surface area contributed by atoms with Gasteiger partial charge in [-0.2, -0.15) is 5.26 Å². The molecule has 5 nitrogen and oxygen atoms in total. The number of nitrogens with zero attached hydrogens (tertiary/aromatic N) is 3. The lowest BCUT2D eigenvalue weighted by atomic mass is 10.0. The molecule has 0 aliphatic carbocycles. The summed E-state index contributed by atoms with van der Waals surface area (Å²) in [4.78, 5) is 22.0. The second-order valence-electron chi connectivity index (χ2n) is 6.43. The molecule has 26 heavy (non-hydrogen) atoms. The molecule has 4 rings (SSSR count). The molecular weight excluding hydrogens is 344 g/mol. The van der Waals surface area contributed by atoms with Gasteiger partial charge in [0.25, 0.3) is 5.56 Å². The first kappa shape index (κ1) is 16.5. The molecule has 6 heteroatoms. The molecule has 0 saturated heterocycles. The highest BCUT2D eigenvalue weighted by Crippen LogP contribution is 2.33. The number of hydrogen-bond acceptors (Lipinski definition) is 5. The number of hydrogen-bond donors (Lipinski definition) is 1. The molecule has 0 fully saturated rings. The molecule has 0 bridgehead atoms. The largest absolute Gasteiger partial charge is 0.308 e. The summed E-state index contributed by atoms with van der Waals surface area (Å²) in [6.45, 7) is 0.581. The molecule has 0 atom stereocenters.